The van der Waals surface area contributed by atoms with Crippen molar-refractivity contribution in [1.29, 1.82) is 0 Å². The molecule has 0 radical (unpaired) electrons. The molecule has 0 saturated carbocycles. The predicted molar refractivity (Wildman–Crippen MR) is 109 cm³/mol. The van der Waals surface area contributed by atoms with Crippen molar-refractivity contribution in [2.24, 2.45) is 0 Å². The van der Waals surface area contributed by atoms with Crippen LogP contribution in [0.15, 0.2) is 76.3 Å². The summed E-state index contributed by atoms with van der Waals surface area (Å²) < 4.78 is 3.99. The number of aryl methyl sites for hydroxylation is 1. The summed E-state index contributed by atoms with van der Waals surface area (Å²) in [6.45, 7) is 2.21. The van der Waals surface area contributed by atoms with E-state index in [1.165, 1.54) is 10.1 Å². The monoisotopic (exact) mass is 423 g/mol. The van der Waals surface area contributed by atoms with Gasteiger partial charge in [-0.25, -0.2) is 4.52 Å². The maximum atomic E-state index is 12.8. The van der Waals surface area contributed by atoms with Gasteiger partial charge in [0.05, 0.1) is 18.3 Å². The van der Waals surface area contributed by atoms with E-state index in [1.807, 2.05) is 55.5 Å². The highest BCUT2D eigenvalue weighted by Crippen LogP contribution is 2.21. The van der Waals surface area contributed by atoms with E-state index in [0.717, 1.165) is 21.3 Å². The lowest BCUT2D eigenvalue weighted by molar-refractivity contribution is 0.155. The summed E-state index contributed by atoms with van der Waals surface area (Å²) in [7, 11) is 0. The lowest BCUT2D eigenvalue weighted by Gasteiger charge is -2.13. The van der Waals surface area contributed by atoms with Crippen molar-refractivity contribution >= 4 is 21.4 Å². The molecule has 0 aliphatic carbocycles. The van der Waals surface area contributed by atoms with Crippen LogP contribution in [0.25, 0.3) is 16.8 Å². The van der Waals surface area contributed by atoms with Gasteiger partial charge in [-0.15, -0.1) is 0 Å². The minimum Gasteiger partial charge on any atom is -0.387 e. The molecule has 0 bridgehead atoms. The van der Waals surface area contributed by atoms with Crippen molar-refractivity contribution in [2.45, 2.75) is 19.6 Å². The summed E-state index contributed by atoms with van der Waals surface area (Å²) in [6, 6.07) is 17.3. The molecule has 0 unspecified atom stereocenters. The first-order chi connectivity index (χ1) is 13.0. The number of benzene rings is 2. The van der Waals surface area contributed by atoms with Gasteiger partial charge < -0.3 is 9.67 Å². The van der Waals surface area contributed by atoms with E-state index < -0.39 is 6.10 Å². The predicted octanol–water partition coefficient (Wildman–Crippen LogP) is 3.97. The number of hydrogen-bond donors (Lipinski definition) is 1. The van der Waals surface area contributed by atoms with Crippen LogP contribution in [-0.4, -0.2) is 19.3 Å². The van der Waals surface area contributed by atoms with E-state index in [9.17, 15) is 9.90 Å². The number of rotatable bonds is 4. The van der Waals surface area contributed by atoms with Gasteiger partial charge in [0.1, 0.15) is 5.52 Å². The van der Waals surface area contributed by atoms with Crippen LogP contribution in [0, 0.1) is 6.92 Å². The van der Waals surface area contributed by atoms with Crippen molar-refractivity contribution in [3.05, 3.63) is 92.9 Å². The number of nitrogens with zero attached hydrogens (tertiary/aromatic N) is 3. The number of hydrogen-bond acceptors (Lipinski definition) is 3. The van der Waals surface area contributed by atoms with E-state index in [0.29, 0.717) is 5.52 Å². The summed E-state index contributed by atoms with van der Waals surface area (Å²) >= 11 is 3.40. The van der Waals surface area contributed by atoms with Crippen LogP contribution in [0.1, 0.15) is 17.2 Å². The zero-order valence-electron chi connectivity index (χ0n) is 14.7. The third-order valence-electron chi connectivity index (χ3n) is 4.55. The molecule has 2 aromatic carbocycles. The Morgan fingerprint density at radius 2 is 1.89 bits per heavy atom. The molecule has 2 aromatic heterocycles. The van der Waals surface area contributed by atoms with Gasteiger partial charge in [-0.1, -0.05) is 57.9 Å². The Labute approximate surface area is 164 Å². The van der Waals surface area contributed by atoms with Crippen LogP contribution in [0.2, 0.25) is 0 Å². The van der Waals surface area contributed by atoms with Gasteiger partial charge in [0.15, 0.2) is 0 Å². The SMILES string of the molecule is Cc1ccc(-c2cc3c(=O)n(C[C@@H](O)c4cccc(Br)c4)ccn3n2)cc1. The van der Waals surface area contributed by atoms with Crippen LogP contribution in [-0.2, 0) is 6.54 Å². The van der Waals surface area contributed by atoms with Gasteiger partial charge in [-0.3, -0.25) is 4.79 Å². The highest BCUT2D eigenvalue weighted by atomic mass is 79.9. The highest BCUT2D eigenvalue weighted by Gasteiger charge is 2.13. The molecule has 6 heteroatoms. The smallest absolute Gasteiger partial charge is 0.276 e. The van der Waals surface area contributed by atoms with Crippen molar-refractivity contribution in [3.63, 3.8) is 0 Å². The molecule has 27 heavy (non-hydrogen) atoms. The molecular weight excluding hydrogens is 406 g/mol. The Hall–Kier alpha value is -2.70. The minimum atomic E-state index is -0.776. The van der Waals surface area contributed by atoms with Crippen molar-refractivity contribution < 1.29 is 5.11 Å². The lowest BCUT2D eigenvalue weighted by atomic mass is 10.1. The quantitative estimate of drug-likeness (QED) is 0.540. The number of halogens is 1. The van der Waals surface area contributed by atoms with Crippen LogP contribution >= 0.6 is 15.9 Å². The van der Waals surface area contributed by atoms with Gasteiger partial charge >= 0.3 is 0 Å². The first kappa shape index (κ1) is 17.7. The fourth-order valence-corrected chi connectivity index (χ4v) is 3.46. The molecule has 0 spiro atoms. The molecule has 1 N–H and O–H groups in total. The molecule has 1 atom stereocenters. The Kier molecular flexibility index (Phi) is 4.68. The molecule has 0 fully saturated rings. The second kappa shape index (κ2) is 7.13. The highest BCUT2D eigenvalue weighted by molar-refractivity contribution is 9.10. The van der Waals surface area contributed by atoms with Gasteiger partial charge in [0, 0.05) is 22.4 Å². The molecule has 0 aliphatic heterocycles. The zero-order valence-corrected chi connectivity index (χ0v) is 16.3. The Balaban J connectivity index is 1.68. The van der Waals surface area contributed by atoms with Crippen molar-refractivity contribution in [2.75, 3.05) is 0 Å². The molecule has 0 saturated heterocycles. The largest absolute Gasteiger partial charge is 0.387 e. The molecular formula is C21H18BrN3O2. The van der Waals surface area contributed by atoms with E-state index in [-0.39, 0.29) is 12.1 Å². The molecule has 0 aliphatic rings. The van der Waals surface area contributed by atoms with Gasteiger partial charge in [0.25, 0.3) is 5.56 Å². The van der Waals surface area contributed by atoms with E-state index >= 15 is 0 Å². The Morgan fingerprint density at radius 1 is 1.11 bits per heavy atom. The first-order valence-electron chi connectivity index (χ1n) is 8.61. The summed E-state index contributed by atoms with van der Waals surface area (Å²) in [5, 5.41) is 15.0. The second-order valence-corrected chi connectivity index (χ2v) is 7.47. The summed E-state index contributed by atoms with van der Waals surface area (Å²) in [4.78, 5) is 12.8. The summed E-state index contributed by atoms with van der Waals surface area (Å²) in [6.07, 6.45) is 2.62. The summed E-state index contributed by atoms with van der Waals surface area (Å²) in [5.74, 6) is 0. The Bertz CT molecular complexity index is 1160. The van der Waals surface area contributed by atoms with E-state index in [1.54, 1.807) is 23.0 Å². The fraction of sp³-hybridized carbons (Fsp3) is 0.143. The zero-order chi connectivity index (χ0) is 19.0. The third-order valence-corrected chi connectivity index (χ3v) is 5.05. The van der Waals surface area contributed by atoms with Crippen LogP contribution < -0.4 is 5.56 Å². The molecule has 4 rings (SSSR count). The van der Waals surface area contributed by atoms with E-state index in [2.05, 4.69) is 21.0 Å². The maximum absolute atomic E-state index is 12.8. The van der Waals surface area contributed by atoms with Gasteiger partial charge in [-0.05, 0) is 30.7 Å². The molecule has 0 amide bonds. The third kappa shape index (κ3) is 3.59. The topological polar surface area (TPSA) is 59.5 Å². The first-order valence-corrected chi connectivity index (χ1v) is 9.40. The number of aliphatic hydroxyl groups is 1. The number of aliphatic hydroxyl groups excluding tert-OH is 1. The summed E-state index contributed by atoms with van der Waals surface area (Å²) in [5.41, 5.74) is 3.94. The van der Waals surface area contributed by atoms with Gasteiger partial charge in [-0.2, -0.15) is 5.10 Å². The standard InChI is InChI=1S/C21H18BrN3O2/c1-14-5-7-15(8-6-14)18-12-19-21(27)24(9-10-25(19)23-18)13-20(26)16-3-2-4-17(22)11-16/h2-12,20,26H,13H2,1H3/t20-/m1/s1. The molecule has 2 heterocycles. The van der Waals surface area contributed by atoms with Crippen LogP contribution in [0.3, 0.4) is 0 Å². The second-order valence-electron chi connectivity index (χ2n) is 6.55. The van der Waals surface area contributed by atoms with E-state index in [4.69, 9.17) is 0 Å². The maximum Gasteiger partial charge on any atom is 0.276 e. The fourth-order valence-electron chi connectivity index (χ4n) is 3.04. The number of fused-ring (bicyclic) bond motifs is 1. The average molecular weight is 424 g/mol. The van der Waals surface area contributed by atoms with Gasteiger partial charge in [0.2, 0.25) is 0 Å². The minimum absolute atomic E-state index is 0.177. The normalized spacial score (nSPS) is 12.4. The van der Waals surface area contributed by atoms with Crippen LogP contribution in [0.5, 0.6) is 0 Å². The van der Waals surface area contributed by atoms with Crippen molar-refractivity contribution in [1.82, 2.24) is 14.2 Å². The molecule has 136 valence electrons. The van der Waals surface area contributed by atoms with Crippen molar-refractivity contribution in [3.8, 4) is 11.3 Å². The Morgan fingerprint density at radius 3 is 2.63 bits per heavy atom. The number of aromatic nitrogens is 3. The molecule has 5 nitrogen and oxygen atoms in total. The van der Waals surface area contributed by atoms with Crippen LogP contribution in [0.4, 0.5) is 0 Å². The lowest BCUT2D eigenvalue weighted by Crippen LogP contribution is -2.24. The average Bonchev–Trinajstić information content (AvgIpc) is 3.10. The molecule has 4 aromatic rings.